The van der Waals surface area contributed by atoms with Crippen molar-refractivity contribution in [3.63, 3.8) is 0 Å². The molecule has 4 heteroatoms. The summed E-state index contributed by atoms with van der Waals surface area (Å²) in [7, 11) is 0. The first-order valence-electron chi connectivity index (χ1n) is 6.36. The highest BCUT2D eigenvalue weighted by Crippen LogP contribution is 2.31. The van der Waals surface area contributed by atoms with Gasteiger partial charge < -0.3 is 5.11 Å². The van der Waals surface area contributed by atoms with Gasteiger partial charge in [0.05, 0.1) is 21.2 Å². The van der Waals surface area contributed by atoms with Gasteiger partial charge in [0.15, 0.2) is 0 Å². The average Bonchev–Trinajstić information content (AvgIpc) is 2.75. The summed E-state index contributed by atoms with van der Waals surface area (Å²) in [6, 6.07) is 7.81. The summed E-state index contributed by atoms with van der Waals surface area (Å²) >= 11 is 7.48. The van der Waals surface area contributed by atoms with Crippen LogP contribution in [0.3, 0.4) is 0 Å². The first-order chi connectivity index (χ1) is 8.90. The highest BCUT2D eigenvalue weighted by atomic mass is 35.5. The number of thiazole rings is 1. The summed E-state index contributed by atoms with van der Waals surface area (Å²) in [6.45, 7) is 5.69. The second-order valence-electron chi connectivity index (χ2n) is 5.10. The van der Waals surface area contributed by atoms with Crippen LogP contribution in [-0.4, -0.2) is 10.1 Å². The molecule has 2 aromatic rings. The van der Waals surface area contributed by atoms with E-state index in [2.05, 4.69) is 11.9 Å². The normalized spacial score (nSPS) is 11.8. The average molecular weight is 296 g/mol. The highest BCUT2D eigenvalue weighted by Gasteiger charge is 2.23. The summed E-state index contributed by atoms with van der Waals surface area (Å²) in [6.07, 6.45) is 1.63. The Kier molecular flexibility index (Phi) is 4.29. The minimum absolute atomic E-state index is 0.745. The van der Waals surface area contributed by atoms with Crippen LogP contribution in [0.1, 0.15) is 41.9 Å². The van der Waals surface area contributed by atoms with Gasteiger partial charge in [-0.3, -0.25) is 0 Å². The van der Waals surface area contributed by atoms with Crippen LogP contribution < -0.4 is 0 Å². The van der Waals surface area contributed by atoms with Crippen LogP contribution in [0.15, 0.2) is 24.3 Å². The fourth-order valence-corrected chi connectivity index (χ4v) is 3.28. The van der Waals surface area contributed by atoms with Gasteiger partial charge in [-0.25, -0.2) is 4.98 Å². The van der Waals surface area contributed by atoms with Crippen LogP contribution in [0.25, 0.3) is 0 Å². The third-order valence-corrected chi connectivity index (χ3v) is 4.56. The molecule has 0 spiro atoms. The number of aromatic nitrogens is 1. The molecule has 1 N–H and O–H groups in total. The molecule has 2 rings (SSSR count). The lowest BCUT2D eigenvalue weighted by Crippen LogP contribution is -2.15. The summed E-state index contributed by atoms with van der Waals surface area (Å²) in [5, 5.41) is 12.0. The zero-order valence-corrected chi connectivity index (χ0v) is 13.0. The Morgan fingerprint density at radius 2 is 1.89 bits per heavy atom. The number of benzene rings is 1. The third-order valence-electron chi connectivity index (χ3n) is 2.90. The summed E-state index contributed by atoms with van der Waals surface area (Å²) < 4.78 is 0. The lowest BCUT2D eigenvalue weighted by Gasteiger charge is -2.15. The molecule has 2 nitrogen and oxygen atoms in total. The summed E-state index contributed by atoms with van der Waals surface area (Å²) in [4.78, 5) is 5.61. The maximum Gasteiger partial charge on any atom is 0.0976 e. The zero-order valence-electron chi connectivity index (χ0n) is 11.4. The molecule has 1 aromatic carbocycles. The van der Waals surface area contributed by atoms with Gasteiger partial charge in [-0.2, -0.15) is 0 Å². The van der Waals surface area contributed by atoms with Crippen LogP contribution in [0.5, 0.6) is 0 Å². The number of aliphatic hydroxyl groups is 1. The zero-order chi connectivity index (χ0) is 14.0. The van der Waals surface area contributed by atoms with Gasteiger partial charge in [0.1, 0.15) is 0 Å². The topological polar surface area (TPSA) is 33.1 Å². The quantitative estimate of drug-likeness (QED) is 0.918. The first-order valence-corrected chi connectivity index (χ1v) is 7.55. The molecule has 102 valence electrons. The number of aryl methyl sites for hydroxylation is 1. The van der Waals surface area contributed by atoms with E-state index in [0.29, 0.717) is 0 Å². The molecule has 0 saturated heterocycles. The van der Waals surface area contributed by atoms with Gasteiger partial charge in [-0.15, -0.1) is 11.3 Å². The molecular formula is C15H18ClNOS. The lowest BCUT2D eigenvalue weighted by molar-refractivity contribution is 0.0814. The maximum atomic E-state index is 10.2. The number of hydrogen-bond acceptors (Lipinski definition) is 3. The monoisotopic (exact) mass is 295 g/mol. The van der Waals surface area contributed by atoms with Crippen LogP contribution in [-0.2, 0) is 18.4 Å². The Bertz CT molecular complexity index is 555. The lowest BCUT2D eigenvalue weighted by atomic mass is 10.1. The van der Waals surface area contributed by atoms with Gasteiger partial charge in [-0.05, 0) is 38.0 Å². The molecule has 0 unspecified atom stereocenters. The van der Waals surface area contributed by atoms with Crippen molar-refractivity contribution >= 4 is 22.9 Å². The van der Waals surface area contributed by atoms with Crippen molar-refractivity contribution in [3.05, 3.63) is 50.4 Å². The SMILES string of the molecule is CCc1nc(Cc2ccc(Cl)cc2)sc1C(C)(C)O. The minimum Gasteiger partial charge on any atom is -0.385 e. The van der Waals surface area contributed by atoms with Gasteiger partial charge >= 0.3 is 0 Å². The highest BCUT2D eigenvalue weighted by molar-refractivity contribution is 7.11. The van der Waals surface area contributed by atoms with E-state index in [1.165, 1.54) is 5.56 Å². The van der Waals surface area contributed by atoms with E-state index in [-0.39, 0.29) is 0 Å². The Morgan fingerprint density at radius 1 is 1.26 bits per heavy atom. The van der Waals surface area contributed by atoms with Gasteiger partial charge in [-0.1, -0.05) is 30.7 Å². The van der Waals surface area contributed by atoms with Crippen molar-refractivity contribution in [3.8, 4) is 0 Å². The summed E-state index contributed by atoms with van der Waals surface area (Å²) in [5.41, 5.74) is 1.37. The summed E-state index contributed by atoms with van der Waals surface area (Å²) in [5.74, 6) is 0. The molecule has 0 fully saturated rings. The smallest absolute Gasteiger partial charge is 0.0976 e. The van der Waals surface area contributed by atoms with Crippen molar-refractivity contribution in [2.45, 2.75) is 39.2 Å². The van der Waals surface area contributed by atoms with Crippen molar-refractivity contribution in [2.75, 3.05) is 0 Å². The molecule has 1 aromatic heterocycles. The van der Waals surface area contributed by atoms with Gasteiger partial charge in [0.2, 0.25) is 0 Å². The number of hydrogen-bond donors (Lipinski definition) is 1. The van der Waals surface area contributed by atoms with Gasteiger partial charge in [0, 0.05) is 11.4 Å². The van der Waals surface area contributed by atoms with E-state index < -0.39 is 5.60 Å². The van der Waals surface area contributed by atoms with Crippen molar-refractivity contribution in [2.24, 2.45) is 0 Å². The van der Waals surface area contributed by atoms with Crippen LogP contribution >= 0.6 is 22.9 Å². The largest absolute Gasteiger partial charge is 0.385 e. The minimum atomic E-state index is -0.818. The standard InChI is InChI=1S/C15H18ClNOS/c1-4-12-14(15(2,3)18)19-13(17-12)9-10-5-7-11(16)8-6-10/h5-8,18H,4,9H2,1-3H3. The predicted molar refractivity (Wildman–Crippen MR) is 81.0 cm³/mol. The number of rotatable bonds is 4. The van der Waals surface area contributed by atoms with E-state index in [9.17, 15) is 5.11 Å². The number of halogens is 1. The molecule has 19 heavy (non-hydrogen) atoms. The fraction of sp³-hybridized carbons (Fsp3) is 0.400. The molecule has 0 atom stereocenters. The van der Waals surface area contributed by atoms with Crippen molar-refractivity contribution < 1.29 is 5.11 Å². The van der Waals surface area contributed by atoms with Crippen molar-refractivity contribution in [1.82, 2.24) is 4.98 Å². The van der Waals surface area contributed by atoms with E-state index in [4.69, 9.17) is 11.6 Å². The first kappa shape index (κ1) is 14.5. The Labute approximate surface area is 123 Å². The molecule has 0 amide bonds. The van der Waals surface area contributed by atoms with Crippen LogP contribution in [0, 0.1) is 0 Å². The molecular weight excluding hydrogens is 278 g/mol. The Hall–Kier alpha value is -0.900. The third kappa shape index (κ3) is 3.56. The molecule has 0 bridgehead atoms. The Balaban J connectivity index is 2.26. The van der Waals surface area contributed by atoms with Crippen LogP contribution in [0.4, 0.5) is 0 Å². The van der Waals surface area contributed by atoms with Crippen molar-refractivity contribution in [1.29, 1.82) is 0 Å². The molecule has 0 saturated carbocycles. The molecule has 0 aliphatic heterocycles. The van der Waals surface area contributed by atoms with E-state index >= 15 is 0 Å². The predicted octanol–water partition coefficient (Wildman–Crippen LogP) is 4.18. The van der Waals surface area contributed by atoms with Gasteiger partial charge in [0.25, 0.3) is 0 Å². The molecule has 0 aliphatic rings. The van der Waals surface area contributed by atoms with Crippen LogP contribution in [0.2, 0.25) is 5.02 Å². The van der Waals surface area contributed by atoms with E-state index in [1.807, 2.05) is 38.1 Å². The second-order valence-corrected chi connectivity index (χ2v) is 6.62. The van der Waals surface area contributed by atoms with E-state index in [0.717, 1.165) is 33.4 Å². The molecule has 0 radical (unpaired) electrons. The Morgan fingerprint density at radius 3 is 2.37 bits per heavy atom. The molecule has 1 heterocycles. The fourth-order valence-electron chi connectivity index (χ4n) is 1.97. The van der Waals surface area contributed by atoms with E-state index in [1.54, 1.807) is 11.3 Å². The second kappa shape index (κ2) is 5.61. The molecule has 0 aliphatic carbocycles. The number of nitrogens with zero attached hydrogens (tertiary/aromatic N) is 1. The maximum absolute atomic E-state index is 10.2.